The van der Waals surface area contributed by atoms with Gasteiger partial charge >= 0.3 is 0 Å². The zero-order chi connectivity index (χ0) is 24.0. The Morgan fingerprint density at radius 1 is 1.24 bits per heavy atom. The van der Waals surface area contributed by atoms with E-state index in [1.807, 2.05) is 13.0 Å². The van der Waals surface area contributed by atoms with Crippen LogP contribution in [0.25, 0.3) is 21.9 Å². The number of nitrogens with zero attached hydrogens (tertiary/aromatic N) is 3. The monoisotopic (exact) mass is 462 g/mol. The van der Waals surface area contributed by atoms with Crippen molar-refractivity contribution in [3.63, 3.8) is 0 Å². The van der Waals surface area contributed by atoms with Crippen molar-refractivity contribution in [2.75, 3.05) is 6.61 Å². The number of aromatic hydroxyl groups is 1. The van der Waals surface area contributed by atoms with Crippen molar-refractivity contribution in [2.24, 2.45) is 0 Å². The van der Waals surface area contributed by atoms with Gasteiger partial charge in [-0.25, -0.2) is 4.98 Å². The molecule has 1 unspecified atom stereocenters. The molecule has 0 aliphatic rings. The molecule has 0 fully saturated rings. The van der Waals surface area contributed by atoms with Crippen molar-refractivity contribution >= 4 is 30.0 Å². The van der Waals surface area contributed by atoms with E-state index in [9.17, 15) is 15.5 Å². The molecule has 0 saturated carbocycles. The number of nitrogens with one attached hydrogen (secondary N) is 1. The molecule has 0 amide bonds. The fourth-order valence-corrected chi connectivity index (χ4v) is 5.00. The van der Waals surface area contributed by atoms with E-state index in [-0.39, 0.29) is 12.5 Å². The number of fused-ring (bicyclic) bond motifs is 2. The third-order valence-electron chi connectivity index (χ3n) is 6.04. The van der Waals surface area contributed by atoms with E-state index in [2.05, 4.69) is 30.7 Å². The molecule has 2 heterocycles. The van der Waals surface area contributed by atoms with Gasteiger partial charge in [0.1, 0.15) is 23.9 Å². The summed E-state index contributed by atoms with van der Waals surface area (Å²) in [6, 6.07) is 11.9. The van der Waals surface area contributed by atoms with Gasteiger partial charge in [-0.15, -0.1) is 0 Å². The van der Waals surface area contributed by atoms with Crippen LogP contribution in [0.3, 0.4) is 0 Å². The van der Waals surface area contributed by atoms with Crippen LogP contribution in [0.2, 0.25) is 25.7 Å². The van der Waals surface area contributed by atoms with Gasteiger partial charge in [0.25, 0.3) is 0 Å². The van der Waals surface area contributed by atoms with Crippen LogP contribution in [0, 0.1) is 18.3 Å². The van der Waals surface area contributed by atoms with E-state index in [1.54, 1.807) is 42.0 Å². The standard InChI is InChI=1S/C25H30N4O3Si/c1-16-12-21(30)22(18-8-9-27-23(16)18)25(2,31)24-28-19-7-6-17(14-26)13-20(19)29(24)15-32-10-11-33(3,4)5/h6-9,12-13,27,30-31H,10-11,15H2,1-5H3. The van der Waals surface area contributed by atoms with Crippen LogP contribution in [0.5, 0.6) is 5.75 Å². The Bertz CT molecular complexity index is 1370. The lowest BCUT2D eigenvalue weighted by Crippen LogP contribution is -2.29. The summed E-state index contributed by atoms with van der Waals surface area (Å²) in [6.45, 7) is 11.2. The molecule has 4 aromatic rings. The van der Waals surface area contributed by atoms with Crippen molar-refractivity contribution in [1.29, 1.82) is 5.26 Å². The first kappa shape index (κ1) is 23.0. The summed E-state index contributed by atoms with van der Waals surface area (Å²) in [7, 11) is -1.27. The van der Waals surface area contributed by atoms with Gasteiger partial charge in [-0.05, 0) is 55.8 Å². The molecule has 0 spiro atoms. The molecular weight excluding hydrogens is 432 g/mol. The Hall–Kier alpha value is -3.12. The summed E-state index contributed by atoms with van der Waals surface area (Å²) in [6.07, 6.45) is 1.79. The number of H-pyrrole nitrogens is 1. The second kappa shape index (κ2) is 8.34. The molecule has 7 nitrogen and oxygen atoms in total. The van der Waals surface area contributed by atoms with Crippen molar-refractivity contribution in [3.05, 3.63) is 59.0 Å². The molecular formula is C25H30N4O3Si. The predicted molar refractivity (Wildman–Crippen MR) is 132 cm³/mol. The molecule has 172 valence electrons. The van der Waals surface area contributed by atoms with Gasteiger partial charge in [0.05, 0.1) is 22.7 Å². The summed E-state index contributed by atoms with van der Waals surface area (Å²) >= 11 is 0. The number of benzene rings is 2. The number of phenolic OH excluding ortho intramolecular Hbond substituents is 1. The maximum absolute atomic E-state index is 11.9. The van der Waals surface area contributed by atoms with Crippen molar-refractivity contribution in [1.82, 2.24) is 14.5 Å². The summed E-state index contributed by atoms with van der Waals surface area (Å²) < 4.78 is 7.83. The quantitative estimate of drug-likeness (QED) is 0.265. The number of hydrogen-bond acceptors (Lipinski definition) is 5. The molecule has 0 bridgehead atoms. The van der Waals surface area contributed by atoms with E-state index in [4.69, 9.17) is 9.72 Å². The average molecular weight is 463 g/mol. The van der Waals surface area contributed by atoms with Gasteiger partial charge in [0.2, 0.25) is 0 Å². The predicted octanol–water partition coefficient (Wildman–Crippen LogP) is 4.97. The fourth-order valence-electron chi connectivity index (χ4n) is 4.24. The van der Waals surface area contributed by atoms with Crippen LogP contribution in [0.1, 0.15) is 29.4 Å². The third kappa shape index (κ3) is 4.27. The van der Waals surface area contributed by atoms with Crippen LogP contribution in [-0.4, -0.2) is 39.4 Å². The molecule has 8 heteroatoms. The number of hydrogen-bond donors (Lipinski definition) is 3. The molecule has 3 N–H and O–H groups in total. The minimum Gasteiger partial charge on any atom is -0.508 e. The number of nitriles is 1. The highest BCUT2D eigenvalue weighted by molar-refractivity contribution is 6.76. The van der Waals surface area contributed by atoms with Crippen molar-refractivity contribution < 1.29 is 14.9 Å². The molecule has 33 heavy (non-hydrogen) atoms. The first-order valence-corrected chi connectivity index (χ1v) is 14.7. The molecule has 0 radical (unpaired) electrons. The SMILES string of the molecule is Cc1cc(O)c(C(C)(O)c2nc3ccc(C#N)cc3n2COCC[Si](C)(C)C)c2cc[nH]c12. The number of aromatic amines is 1. The summed E-state index contributed by atoms with van der Waals surface area (Å²) in [5.41, 5.74) is 2.35. The molecule has 2 aromatic carbocycles. The zero-order valence-corrected chi connectivity index (χ0v) is 20.7. The molecule has 4 rings (SSSR count). The fraction of sp³-hybridized carbons (Fsp3) is 0.360. The summed E-state index contributed by atoms with van der Waals surface area (Å²) in [5.74, 6) is 0.350. The molecule has 0 aliphatic carbocycles. The zero-order valence-electron chi connectivity index (χ0n) is 19.7. The number of aryl methyl sites for hydroxylation is 1. The second-order valence-electron chi connectivity index (χ2n) is 9.95. The summed E-state index contributed by atoms with van der Waals surface area (Å²) in [4.78, 5) is 7.91. The number of ether oxygens (including phenoxy) is 1. The topological polar surface area (TPSA) is 107 Å². The Morgan fingerprint density at radius 3 is 2.70 bits per heavy atom. The Kier molecular flexibility index (Phi) is 5.82. The minimum absolute atomic E-state index is 0.000529. The normalized spacial score (nSPS) is 14.0. The van der Waals surface area contributed by atoms with Gasteiger partial charge in [-0.3, -0.25) is 0 Å². The Balaban J connectivity index is 1.86. The van der Waals surface area contributed by atoms with E-state index >= 15 is 0 Å². The lowest BCUT2D eigenvalue weighted by molar-refractivity contribution is 0.0559. The minimum atomic E-state index is -1.62. The Labute approximate surface area is 194 Å². The third-order valence-corrected chi connectivity index (χ3v) is 7.74. The molecule has 0 aliphatic heterocycles. The average Bonchev–Trinajstić information content (AvgIpc) is 3.35. The highest BCUT2D eigenvalue weighted by Crippen LogP contribution is 2.41. The largest absolute Gasteiger partial charge is 0.508 e. The first-order valence-electron chi connectivity index (χ1n) is 11.0. The number of phenols is 1. The van der Waals surface area contributed by atoms with E-state index in [0.717, 1.165) is 22.5 Å². The van der Waals surface area contributed by atoms with Gasteiger partial charge in [-0.2, -0.15) is 5.26 Å². The van der Waals surface area contributed by atoms with Crippen LogP contribution in [-0.2, 0) is 17.1 Å². The lowest BCUT2D eigenvalue weighted by Gasteiger charge is -2.27. The van der Waals surface area contributed by atoms with E-state index < -0.39 is 13.7 Å². The van der Waals surface area contributed by atoms with E-state index in [0.29, 0.717) is 34.6 Å². The second-order valence-corrected chi connectivity index (χ2v) is 15.6. The number of aromatic nitrogens is 3. The highest BCUT2D eigenvalue weighted by Gasteiger charge is 2.36. The number of rotatable bonds is 7. The molecule has 2 aromatic heterocycles. The highest BCUT2D eigenvalue weighted by atomic mass is 28.3. The number of imidazole rings is 1. The van der Waals surface area contributed by atoms with Gasteiger partial charge in [-0.1, -0.05) is 19.6 Å². The molecule has 0 saturated heterocycles. The van der Waals surface area contributed by atoms with Crippen molar-refractivity contribution in [2.45, 2.75) is 51.9 Å². The van der Waals surface area contributed by atoms with Gasteiger partial charge in [0, 0.05) is 37.3 Å². The van der Waals surface area contributed by atoms with Crippen LogP contribution in [0.15, 0.2) is 36.5 Å². The maximum Gasteiger partial charge on any atom is 0.149 e. The van der Waals surface area contributed by atoms with E-state index in [1.165, 1.54) is 0 Å². The lowest BCUT2D eigenvalue weighted by atomic mass is 9.90. The smallest absolute Gasteiger partial charge is 0.149 e. The molecule has 1 atom stereocenters. The summed E-state index contributed by atoms with van der Waals surface area (Å²) in [5, 5.41) is 32.9. The number of aliphatic hydroxyl groups is 1. The van der Waals surface area contributed by atoms with Gasteiger partial charge in [0.15, 0.2) is 0 Å². The van der Waals surface area contributed by atoms with Crippen molar-refractivity contribution in [3.8, 4) is 11.8 Å². The van der Waals surface area contributed by atoms with Crippen LogP contribution in [0.4, 0.5) is 0 Å². The van der Waals surface area contributed by atoms with Crippen LogP contribution < -0.4 is 0 Å². The van der Waals surface area contributed by atoms with Crippen LogP contribution >= 0.6 is 0 Å². The Morgan fingerprint density at radius 2 is 2.00 bits per heavy atom. The first-order chi connectivity index (χ1) is 15.5. The maximum atomic E-state index is 11.9. The van der Waals surface area contributed by atoms with Gasteiger partial charge < -0.3 is 24.5 Å².